The molecule has 2 aromatic rings. The van der Waals surface area contributed by atoms with Crippen LogP contribution < -0.4 is 10.5 Å². The van der Waals surface area contributed by atoms with E-state index in [0.717, 1.165) is 0 Å². The van der Waals surface area contributed by atoms with Gasteiger partial charge in [0.15, 0.2) is 0 Å². The fourth-order valence-corrected chi connectivity index (χ4v) is 2.09. The largest absolute Gasteiger partial charge is 0.455 e. The van der Waals surface area contributed by atoms with Crippen LogP contribution in [0.3, 0.4) is 0 Å². The summed E-state index contributed by atoms with van der Waals surface area (Å²) in [7, 11) is 0. The Morgan fingerprint density at radius 2 is 1.89 bits per heavy atom. The van der Waals surface area contributed by atoms with E-state index in [1.165, 1.54) is 18.2 Å². The van der Waals surface area contributed by atoms with Crippen molar-refractivity contribution in [2.24, 2.45) is 5.73 Å². The smallest absolute Gasteiger partial charge is 0.146 e. The summed E-state index contributed by atoms with van der Waals surface area (Å²) < 4.78 is 19.1. The first-order chi connectivity index (χ1) is 8.97. The zero-order valence-electron chi connectivity index (χ0n) is 9.58. The van der Waals surface area contributed by atoms with E-state index >= 15 is 0 Å². The molecule has 0 aliphatic heterocycles. The molecule has 0 heterocycles. The highest BCUT2D eigenvalue weighted by Gasteiger charge is 2.09. The molecule has 2 rings (SSSR count). The third-order valence-corrected chi connectivity index (χ3v) is 3.27. The summed E-state index contributed by atoms with van der Waals surface area (Å²) in [5, 5.41) is 7.52. The van der Waals surface area contributed by atoms with Crippen molar-refractivity contribution in [3.05, 3.63) is 57.3 Å². The molecule has 3 N–H and O–H groups in total. The molecule has 0 bridgehead atoms. The Hall–Kier alpha value is -1.59. The predicted octanol–water partition coefficient (Wildman–Crippen LogP) is 4.32. The number of halogens is 3. The van der Waals surface area contributed by atoms with Crippen LogP contribution in [0.15, 0.2) is 40.9 Å². The van der Waals surface area contributed by atoms with Gasteiger partial charge in [-0.2, -0.15) is 0 Å². The minimum Gasteiger partial charge on any atom is -0.455 e. The fraction of sp³-hybridized carbons (Fsp3) is 0. The molecular formula is C13H9BrClFN2O. The summed E-state index contributed by atoms with van der Waals surface area (Å²) in [6.07, 6.45) is 0. The molecule has 0 unspecified atom stereocenters. The fourth-order valence-electron chi connectivity index (χ4n) is 1.43. The van der Waals surface area contributed by atoms with E-state index in [9.17, 15) is 4.39 Å². The van der Waals surface area contributed by atoms with Crippen molar-refractivity contribution in [1.82, 2.24) is 0 Å². The Morgan fingerprint density at radius 1 is 1.21 bits per heavy atom. The zero-order chi connectivity index (χ0) is 14.0. The number of hydrogen-bond acceptors (Lipinski definition) is 2. The van der Waals surface area contributed by atoms with Crippen LogP contribution >= 0.6 is 27.5 Å². The number of amidine groups is 1. The Kier molecular flexibility index (Phi) is 4.07. The summed E-state index contributed by atoms with van der Waals surface area (Å²) in [6, 6.07) is 8.85. The lowest BCUT2D eigenvalue weighted by Gasteiger charge is -2.10. The summed E-state index contributed by atoms with van der Waals surface area (Å²) in [5.41, 5.74) is 5.96. The van der Waals surface area contributed by atoms with Crippen molar-refractivity contribution < 1.29 is 9.13 Å². The lowest BCUT2D eigenvalue weighted by molar-refractivity contribution is 0.478. The van der Waals surface area contributed by atoms with Gasteiger partial charge in [-0.25, -0.2) is 4.39 Å². The SMILES string of the molecule is N=C(N)c1ccc(Oc2ccc(F)cc2Cl)c(Br)c1. The molecule has 19 heavy (non-hydrogen) atoms. The number of ether oxygens (including phenoxy) is 1. The number of rotatable bonds is 3. The topological polar surface area (TPSA) is 59.1 Å². The molecule has 3 nitrogen and oxygen atoms in total. The van der Waals surface area contributed by atoms with Crippen LogP contribution in [0.25, 0.3) is 0 Å². The summed E-state index contributed by atoms with van der Waals surface area (Å²) >= 11 is 9.20. The Bertz CT molecular complexity index is 649. The number of hydrogen-bond donors (Lipinski definition) is 2. The third-order valence-electron chi connectivity index (χ3n) is 2.36. The summed E-state index contributed by atoms with van der Waals surface area (Å²) in [6.45, 7) is 0. The molecule has 0 aliphatic carbocycles. The van der Waals surface area contributed by atoms with Crippen molar-refractivity contribution >= 4 is 33.4 Å². The Labute approximate surface area is 122 Å². The first-order valence-corrected chi connectivity index (χ1v) is 6.41. The lowest BCUT2D eigenvalue weighted by atomic mass is 10.2. The molecule has 0 saturated carbocycles. The van der Waals surface area contributed by atoms with Gasteiger partial charge in [0.2, 0.25) is 0 Å². The van der Waals surface area contributed by atoms with Crippen LogP contribution in [0, 0.1) is 11.2 Å². The molecule has 0 atom stereocenters. The van der Waals surface area contributed by atoms with E-state index in [0.29, 0.717) is 21.5 Å². The number of nitrogens with two attached hydrogens (primary N) is 1. The molecule has 0 amide bonds. The van der Waals surface area contributed by atoms with Crippen LogP contribution in [0.1, 0.15) is 5.56 Å². The van der Waals surface area contributed by atoms with Crippen molar-refractivity contribution in [2.75, 3.05) is 0 Å². The van der Waals surface area contributed by atoms with Crippen LogP contribution in [0.4, 0.5) is 4.39 Å². The maximum Gasteiger partial charge on any atom is 0.146 e. The van der Waals surface area contributed by atoms with Gasteiger partial charge in [-0.15, -0.1) is 0 Å². The molecule has 0 radical (unpaired) electrons. The highest BCUT2D eigenvalue weighted by molar-refractivity contribution is 9.10. The maximum absolute atomic E-state index is 12.9. The van der Waals surface area contributed by atoms with Crippen molar-refractivity contribution in [3.63, 3.8) is 0 Å². The molecule has 0 aromatic heterocycles. The van der Waals surface area contributed by atoms with Crippen LogP contribution in [0.2, 0.25) is 5.02 Å². The lowest BCUT2D eigenvalue weighted by Crippen LogP contribution is -2.10. The third kappa shape index (κ3) is 3.24. The van der Waals surface area contributed by atoms with Crippen molar-refractivity contribution in [1.29, 1.82) is 5.41 Å². The van der Waals surface area contributed by atoms with Gasteiger partial charge in [-0.05, 0) is 52.3 Å². The number of benzene rings is 2. The molecule has 98 valence electrons. The number of nitrogen functional groups attached to an aromatic ring is 1. The molecule has 0 saturated heterocycles. The van der Waals surface area contributed by atoms with E-state index in [1.807, 2.05) is 0 Å². The first-order valence-electron chi connectivity index (χ1n) is 5.24. The molecular weight excluding hydrogens is 335 g/mol. The quantitative estimate of drug-likeness (QED) is 0.644. The average Bonchev–Trinajstić information content (AvgIpc) is 2.34. The average molecular weight is 344 g/mol. The Balaban J connectivity index is 2.31. The number of nitrogens with one attached hydrogen (secondary N) is 1. The van der Waals surface area contributed by atoms with E-state index in [1.54, 1.807) is 18.2 Å². The second-order valence-electron chi connectivity index (χ2n) is 3.74. The molecule has 0 spiro atoms. The Morgan fingerprint density at radius 3 is 2.47 bits per heavy atom. The highest BCUT2D eigenvalue weighted by Crippen LogP contribution is 2.34. The van der Waals surface area contributed by atoms with E-state index < -0.39 is 5.82 Å². The van der Waals surface area contributed by atoms with Crippen LogP contribution in [-0.2, 0) is 0 Å². The van der Waals surface area contributed by atoms with E-state index in [-0.39, 0.29) is 10.9 Å². The summed E-state index contributed by atoms with van der Waals surface area (Å²) in [4.78, 5) is 0. The molecule has 2 aromatic carbocycles. The van der Waals surface area contributed by atoms with Gasteiger partial charge >= 0.3 is 0 Å². The van der Waals surface area contributed by atoms with Crippen molar-refractivity contribution in [3.8, 4) is 11.5 Å². The summed E-state index contributed by atoms with van der Waals surface area (Å²) in [5.74, 6) is 0.383. The van der Waals surface area contributed by atoms with Gasteiger partial charge in [-0.3, -0.25) is 5.41 Å². The van der Waals surface area contributed by atoms with Gasteiger partial charge < -0.3 is 10.5 Å². The van der Waals surface area contributed by atoms with Crippen LogP contribution in [-0.4, -0.2) is 5.84 Å². The van der Waals surface area contributed by atoms with E-state index in [2.05, 4.69) is 15.9 Å². The minimum atomic E-state index is -0.427. The van der Waals surface area contributed by atoms with Gasteiger partial charge in [0, 0.05) is 5.56 Å². The van der Waals surface area contributed by atoms with Gasteiger partial charge in [0.05, 0.1) is 9.50 Å². The second kappa shape index (κ2) is 5.59. The second-order valence-corrected chi connectivity index (χ2v) is 5.00. The minimum absolute atomic E-state index is 0.0351. The van der Waals surface area contributed by atoms with Gasteiger partial charge in [-0.1, -0.05) is 11.6 Å². The normalized spacial score (nSPS) is 10.3. The standard InChI is InChI=1S/C13H9BrClFN2O/c14-9-5-7(13(17)18)1-3-11(9)19-12-4-2-8(16)6-10(12)15/h1-6H,(H3,17,18). The molecule has 0 fully saturated rings. The highest BCUT2D eigenvalue weighted by atomic mass is 79.9. The first kappa shape index (κ1) is 13.8. The van der Waals surface area contributed by atoms with Gasteiger partial charge in [0.1, 0.15) is 23.2 Å². The predicted molar refractivity (Wildman–Crippen MR) is 76.6 cm³/mol. The van der Waals surface area contributed by atoms with Crippen LogP contribution in [0.5, 0.6) is 11.5 Å². The maximum atomic E-state index is 12.9. The van der Waals surface area contributed by atoms with Gasteiger partial charge in [0.25, 0.3) is 0 Å². The van der Waals surface area contributed by atoms with E-state index in [4.69, 9.17) is 27.5 Å². The van der Waals surface area contributed by atoms with Crippen molar-refractivity contribution in [2.45, 2.75) is 0 Å². The monoisotopic (exact) mass is 342 g/mol. The molecule has 0 aliphatic rings. The molecule has 6 heteroatoms. The zero-order valence-corrected chi connectivity index (χ0v) is 11.9.